The molecule has 0 saturated heterocycles. The second-order valence-corrected chi connectivity index (χ2v) is 2.97. The molecule has 0 amide bonds. The van der Waals surface area contributed by atoms with E-state index in [1.165, 1.54) is 0 Å². The molecule has 0 fully saturated rings. The molecule has 0 unspecified atom stereocenters. The Morgan fingerprint density at radius 1 is 1.33 bits per heavy atom. The van der Waals surface area contributed by atoms with E-state index in [0.717, 1.165) is 22.4 Å². The van der Waals surface area contributed by atoms with E-state index in [0.29, 0.717) is 0 Å². The van der Waals surface area contributed by atoms with Crippen LogP contribution in [0.2, 0.25) is 0 Å². The average molecular weight is 162 g/mol. The van der Waals surface area contributed by atoms with E-state index < -0.39 is 0 Å². The Balaban J connectivity index is 2.92. The molecule has 0 aliphatic rings. The van der Waals surface area contributed by atoms with Crippen LogP contribution in [0.3, 0.4) is 0 Å². The molecular formula is C8H10N4. The molecule has 0 saturated carbocycles. The first-order chi connectivity index (χ1) is 5.68. The Kier molecular flexibility index (Phi) is 1.36. The van der Waals surface area contributed by atoms with Gasteiger partial charge in [-0.25, -0.2) is 9.67 Å². The Morgan fingerprint density at radius 2 is 2.08 bits per heavy atom. The summed E-state index contributed by atoms with van der Waals surface area (Å²) in [6, 6.07) is 2.01. The van der Waals surface area contributed by atoms with Gasteiger partial charge in [-0.3, -0.25) is 0 Å². The minimum atomic E-state index is 0.854. The van der Waals surface area contributed by atoms with Crippen molar-refractivity contribution in [3.63, 3.8) is 0 Å². The van der Waals surface area contributed by atoms with Gasteiger partial charge in [-0.15, -0.1) is 5.10 Å². The maximum atomic E-state index is 4.33. The van der Waals surface area contributed by atoms with Gasteiger partial charge >= 0.3 is 0 Å². The molecule has 4 nitrogen and oxygen atoms in total. The molecule has 0 aliphatic carbocycles. The van der Waals surface area contributed by atoms with Crippen LogP contribution in [-0.2, 0) is 7.05 Å². The maximum absolute atomic E-state index is 4.33. The Morgan fingerprint density at radius 3 is 2.83 bits per heavy atom. The lowest BCUT2D eigenvalue weighted by molar-refractivity contribution is 0.729. The van der Waals surface area contributed by atoms with Crippen molar-refractivity contribution in [2.45, 2.75) is 13.8 Å². The highest BCUT2D eigenvalue weighted by atomic mass is 15.4. The minimum Gasteiger partial charge on any atom is -0.232 e. The number of hydrogen-bond donors (Lipinski definition) is 0. The minimum absolute atomic E-state index is 0.854. The van der Waals surface area contributed by atoms with Gasteiger partial charge in [0.05, 0.1) is 0 Å². The molecule has 0 atom stereocenters. The number of aromatic nitrogens is 4. The quantitative estimate of drug-likeness (QED) is 0.580. The zero-order valence-corrected chi connectivity index (χ0v) is 7.37. The summed E-state index contributed by atoms with van der Waals surface area (Å²) in [5, 5.41) is 7.91. The summed E-state index contributed by atoms with van der Waals surface area (Å²) < 4.78 is 1.69. The predicted molar refractivity (Wildman–Crippen MR) is 45.8 cm³/mol. The van der Waals surface area contributed by atoms with Gasteiger partial charge in [-0.2, -0.15) is 0 Å². The summed E-state index contributed by atoms with van der Waals surface area (Å²) in [4.78, 5) is 4.33. The van der Waals surface area contributed by atoms with Crippen LogP contribution in [0.25, 0.3) is 11.2 Å². The molecule has 4 heteroatoms. The van der Waals surface area contributed by atoms with Gasteiger partial charge < -0.3 is 0 Å². The summed E-state index contributed by atoms with van der Waals surface area (Å²) >= 11 is 0. The fourth-order valence-corrected chi connectivity index (χ4v) is 1.31. The normalized spacial score (nSPS) is 10.9. The van der Waals surface area contributed by atoms with Gasteiger partial charge in [0.25, 0.3) is 0 Å². The second-order valence-electron chi connectivity index (χ2n) is 2.97. The Labute approximate surface area is 70.2 Å². The van der Waals surface area contributed by atoms with E-state index in [4.69, 9.17) is 0 Å². The predicted octanol–water partition coefficient (Wildman–Crippen LogP) is 0.980. The van der Waals surface area contributed by atoms with E-state index in [2.05, 4.69) is 15.3 Å². The molecule has 0 radical (unpaired) electrons. The zero-order valence-electron chi connectivity index (χ0n) is 7.37. The molecule has 2 rings (SSSR count). The van der Waals surface area contributed by atoms with Crippen LogP contribution in [-0.4, -0.2) is 20.0 Å². The summed E-state index contributed by atoms with van der Waals surface area (Å²) in [5.74, 6) is 0. The van der Waals surface area contributed by atoms with Crippen LogP contribution < -0.4 is 0 Å². The largest absolute Gasteiger partial charge is 0.232 e. The monoisotopic (exact) mass is 162 g/mol. The number of hydrogen-bond acceptors (Lipinski definition) is 3. The third-order valence-corrected chi connectivity index (χ3v) is 1.88. The first-order valence-electron chi connectivity index (χ1n) is 3.82. The highest BCUT2D eigenvalue weighted by Gasteiger charge is 2.05. The fourth-order valence-electron chi connectivity index (χ4n) is 1.31. The molecular weight excluding hydrogens is 152 g/mol. The number of aryl methyl sites for hydroxylation is 3. The number of nitrogens with zero attached hydrogens (tertiary/aromatic N) is 4. The number of rotatable bonds is 0. The number of fused-ring (bicyclic) bond motifs is 1. The van der Waals surface area contributed by atoms with Crippen LogP contribution >= 0.6 is 0 Å². The van der Waals surface area contributed by atoms with Crippen molar-refractivity contribution in [3.8, 4) is 0 Å². The van der Waals surface area contributed by atoms with Crippen molar-refractivity contribution in [3.05, 3.63) is 17.3 Å². The van der Waals surface area contributed by atoms with Gasteiger partial charge in [0.1, 0.15) is 5.52 Å². The van der Waals surface area contributed by atoms with E-state index in [-0.39, 0.29) is 0 Å². The standard InChI is InChI=1S/C8H10N4/c1-5-4-6(2)9-8-7(5)10-11-12(8)3/h4H,1-3H3. The third-order valence-electron chi connectivity index (χ3n) is 1.88. The first kappa shape index (κ1) is 7.21. The average Bonchev–Trinajstić information content (AvgIpc) is 2.33. The van der Waals surface area contributed by atoms with Crippen molar-refractivity contribution in [1.29, 1.82) is 0 Å². The summed E-state index contributed by atoms with van der Waals surface area (Å²) in [6.07, 6.45) is 0. The van der Waals surface area contributed by atoms with Gasteiger partial charge in [-0.05, 0) is 25.5 Å². The van der Waals surface area contributed by atoms with Crippen LogP contribution in [0.5, 0.6) is 0 Å². The molecule has 0 aliphatic heterocycles. The molecule has 2 aromatic heterocycles. The topological polar surface area (TPSA) is 43.6 Å². The third kappa shape index (κ3) is 0.879. The van der Waals surface area contributed by atoms with Crippen molar-refractivity contribution < 1.29 is 0 Å². The van der Waals surface area contributed by atoms with Gasteiger partial charge in [0.2, 0.25) is 0 Å². The smallest absolute Gasteiger partial charge is 0.178 e. The molecule has 62 valence electrons. The van der Waals surface area contributed by atoms with E-state index in [9.17, 15) is 0 Å². The van der Waals surface area contributed by atoms with Crippen molar-refractivity contribution in [2.75, 3.05) is 0 Å². The van der Waals surface area contributed by atoms with Gasteiger partial charge in [0, 0.05) is 12.7 Å². The SMILES string of the molecule is Cc1cc(C)c2nnn(C)c2n1. The number of pyridine rings is 1. The lowest BCUT2D eigenvalue weighted by atomic mass is 10.2. The Hall–Kier alpha value is -1.45. The van der Waals surface area contributed by atoms with E-state index in [1.807, 2.05) is 27.0 Å². The van der Waals surface area contributed by atoms with Crippen LogP contribution in [0.1, 0.15) is 11.3 Å². The molecule has 12 heavy (non-hydrogen) atoms. The zero-order chi connectivity index (χ0) is 8.72. The van der Waals surface area contributed by atoms with E-state index in [1.54, 1.807) is 4.68 Å². The Bertz CT molecular complexity index is 430. The molecule has 2 heterocycles. The first-order valence-corrected chi connectivity index (χ1v) is 3.82. The second kappa shape index (κ2) is 2.27. The van der Waals surface area contributed by atoms with Gasteiger partial charge in [-0.1, -0.05) is 5.21 Å². The maximum Gasteiger partial charge on any atom is 0.178 e. The molecule has 0 bridgehead atoms. The summed E-state index contributed by atoms with van der Waals surface area (Å²) in [7, 11) is 1.85. The molecule has 0 spiro atoms. The fraction of sp³-hybridized carbons (Fsp3) is 0.375. The summed E-state index contributed by atoms with van der Waals surface area (Å²) in [6.45, 7) is 3.99. The highest BCUT2D eigenvalue weighted by molar-refractivity contribution is 5.73. The molecule has 2 aromatic rings. The molecule has 0 aromatic carbocycles. The van der Waals surface area contributed by atoms with E-state index >= 15 is 0 Å². The van der Waals surface area contributed by atoms with Crippen molar-refractivity contribution in [1.82, 2.24) is 20.0 Å². The van der Waals surface area contributed by atoms with Crippen molar-refractivity contribution >= 4 is 11.2 Å². The highest BCUT2D eigenvalue weighted by Crippen LogP contribution is 2.12. The summed E-state index contributed by atoms with van der Waals surface area (Å²) in [5.41, 5.74) is 3.88. The van der Waals surface area contributed by atoms with Crippen LogP contribution in [0.4, 0.5) is 0 Å². The van der Waals surface area contributed by atoms with Crippen molar-refractivity contribution in [2.24, 2.45) is 7.05 Å². The van der Waals surface area contributed by atoms with Gasteiger partial charge in [0.15, 0.2) is 5.65 Å². The molecule has 0 N–H and O–H groups in total. The van der Waals surface area contributed by atoms with Crippen LogP contribution in [0, 0.1) is 13.8 Å². The van der Waals surface area contributed by atoms with Crippen LogP contribution in [0.15, 0.2) is 6.07 Å². The lowest BCUT2D eigenvalue weighted by Crippen LogP contribution is -1.93. The lowest BCUT2D eigenvalue weighted by Gasteiger charge is -1.96.